The lowest BCUT2D eigenvalue weighted by Crippen LogP contribution is -2.39. The van der Waals surface area contributed by atoms with Crippen LogP contribution in [0.5, 0.6) is 0 Å². The summed E-state index contributed by atoms with van der Waals surface area (Å²) in [6.07, 6.45) is 5.65. The zero-order valence-corrected chi connectivity index (χ0v) is 11.6. The van der Waals surface area contributed by atoms with Gasteiger partial charge in [-0.2, -0.15) is 0 Å². The standard InChI is InChI=1S/C14H30N2/c1-12(2)15-10-13(3)11-16-9-7-5-6-8-14(16)4/h12-15H,5-11H2,1-4H3. The quantitative estimate of drug-likeness (QED) is 0.775. The van der Waals surface area contributed by atoms with Crippen molar-refractivity contribution in [2.75, 3.05) is 19.6 Å². The molecule has 2 nitrogen and oxygen atoms in total. The van der Waals surface area contributed by atoms with Crippen molar-refractivity contribution in [1.29, 1.82) is 0 Å². The number of nitrogens with one attached hydrogen (secondary N) is 1. The molecule has 0 radical (unpaired) electrons. The Morgan fingerprint density at radius 3 is 2.62 bits per heavy atom. The van der Waals surface area contributed by atoms with Gasteiger partial charge in [0.05, 0.1) is 0 Å². The van der Waals surface area contributed by atoms with Crippen LogP contribution >= 0.6 is 0 Å². The van der Waals surface area contributed by atoms with Gasteiger partial charge in [0.15, 0.2) is 0 Å². The first-order chi connectivity index (χ1) is 7.59. The lowest BCUT2D eigenvalue weighted by molar-refractivity contribution is 0.183. The van der Waals surface area contributed by atoms with Crippen molar-refractivity contribution in [3.63, 3.8) is 0 Å². The number of hydrogen-bond acceptors (Lipinski definition) is 2. The maximum absolute atomic E-state index is 3.54. The van der Waals surface area contributed by atoms with Gasteiger partial charge >= 0.3 is 0 Å². The van der Waals surface area contributed by atoms with Gasteiger partial charge in [-0.05, 0) is 38.8 Å². The molecule has 1 aliphatic heterocycles. The average molecular weight is 226 g/mol. The lowest BCUT2D eigenvalue weighted by Gasteiger charge is -2.30. The second-order valence-electron chi connectivity index (χ2n) is 5.86. The minimum Gasteiger partial charge on any atom is -0.314 e. The van der Waals surface area contributed by atoms with E-state index >= 15 is 0 Å². The Kier molecular flexibility index (Phi) is 6.37. The van der Waals surface area contributed by atoms with Crippen molar-refractivity contribution in [1.82, 2.24) is 10.2 Å². The number of hydrogen-bond donors (Lipinski definition) is 1. The van der Waals surface area contributed by atoms with Crippen LogP contribution in [0.1, 0.15) is 53.4 Å². The summed E-state index contributed by atoms with van der Waals surface area (Å²) in [5, 5.41) is 3.54. The number of rotatable bonds is 5. The van der Waals surface area contributed by atoms with Gasteiger partial charge in [-0.3, -0.25) is 0 Å². The Morgan fingerprint density at radius 2 is 1.94 bits per heavy atom. The zero-order chi connectivity index (χ0) is 12.0. The van der Waals surface area contributed by atoms with E-state index in [4.69, 9.17) is 0 Å². The molecule has 1 rings (SSSR count). The summed E-state index contributed by atoms with van der Waals surface area (Å²) in [5.74, 6) is 0.767. The molecule has 1 saturated heterocycles. The highest BCUT2D eigenvalue weighted by molar-refractivity contribution is 4.74. The normalized spacial score (nSPS) is 25.7. The van der Waals surface area contributed by atoms with Crippen molar-refractivity contribution in [3.8, 4) is 0 Å². The van der Waals surface area contributed by atoms with E-state index in [2.05, 4.69) is 37.9 Å². The third kappa shape index (κ3) is 5.31. The van der Waals surface area contributed by atoms with Crippen LogP contribution in [0.4, 0.5) is 0 Å². The van der Waals surface area contributed by atoms with Gasteiger partial charge in [-0.25, -0.2) is 0 Å². The summed E-state index contributed by atoms with van der Waals surface area (Å²) in [7, 11) is 0. The SMILES string of the molecule is CC(CNC(C)C)CN1CCCCCC1C. The largest absolute Gasteiger partial charge is 0.314 e. The van der Waals surface area contributed by atoms with Crippen LogP contribution in [0.25, 0.3) is 0 Å². The summed E-state index contributed by atoms with van der Waals surface area (Å²) >= 11 is 0. The van der Waals surface area contributed by atoms with Crippen LogP contribution < -0.4 is 5.32 Å². The average Bonchev–Trinajstić information content (AvgIpc) is 2.42. The Labute approximate surface area is 102 Å². The zero-order valence-electron chi connectivity index (χ0n) is 11.6. The Hall–Kier alpha value is -0.0800. The predicted molar refractivity (Wildman–Crippen MR) is 71.8 cm³/mol. The summed E-state index contributed by atoms with van der Waals surface area (Å²) in [6.45, 7) is 12.9. The maximum Gasteiger partial charge on any atom is 0.00670 e. The van der Waals surface area contributed by atoms with Gasteiger partial charge in [0, 0.05) is 18.6 Å². The van der Waals surface area contributed by atoms with E-state index in [0.717, 1.165) is 18.5 Å². The molecule has 2 atom stereocenters. The smallest absolute Gasteiger partial charge is 0.00670 e. The summed E-state index contributed by atoms with van der Waals surface area (Å²) < 4.78 is 0. The molecule has 0 aliphatic carbocycles. The van der Waals surface area contributed by atoms with Gasteiger partial charge < -0.3 is 10.2 Å². The molecule has 0 amide bonds. The van der Waals surface area contributed by atoms with E-state index in [0.29, 0.717) is 6.04 Å². The van der Waals surface area contributed by atoms with Crippen molar-refractivity contribution in [3.05, 3.63) is 0 Å². The first kappa shape index (κ1) is 14.0. The number of nitrogens with zero attached hydrogens (tertiary/aromatic N) is 1. The van der Waals surface area contributed by atoms with E-state index in [-0.39, 0.29) is 0 Å². The van der Waals surface area contributed by atoms with E-state index in [9.17, 15) is 0 Å². The minimum absolute atomic E-state index is 0.615. The van der Waals surface area contributed by atoms with E-state index < -0.39 is 0 Å². The molecule has 2 unspecified atom stereocenters. The molecule has 0 spiro atoms. The monoisotopic (exact) mass is 226 g/mol. The molecule has 0 bridgehead atoms. The fourth-order valence-corrected chi connectivity index (χ4v) is 2.51. The van der Waals surface area contributed by atoms with Crippen molar-refractivity contribution in [2.24, 2.45) is 5.92 Å². The molecule has 0 aromatic heterocycles. The molecule has 16 heavy (non-hydrogen) atoms. The molecule has 0 aromatic rings. The molecule has 1 N–H and O–H groups in total. The third-order valence-corrected chi connectivity index (χ3v) is 3.61. The van der Waals surface area contributed by atoms with Crippen LogP contribution in [0.3, 0.4) is 0 Å². The molecule has 2 heteroatoms. The Balaban J connectivity index is 2.27. The molecule has 1 fully saturated rings. The summed E-state index contributed by atoms with van der Waals surface area (Å²) in [6, 6.07) is 1.41. The predicted octanol–water partition coefficient (Wildman–Crippen LogP) is 2.89. The first-order valence-corrected chi connectivity index (χ1v) is 7.07. The third-order valence-electron chi connectivity index (χ3n) is 3.61. The van der Waals surface area contributed by atoms with Gasteiger partial charge in [-0.15, -0.1) is 0 Å². The number of likely N-dealkylation sites (tertiary alicyclic amines) is 1. The van der Waals surface area contributed by atoms with Crippen LogP contribution in [0, 0.1) is 5.92 Å². The molecule has 96 valence electrons. The van der Waals surface area contributed by atoms with E-state index in [1.54, 1.807) is 0 Å². The highest BCUT2D eigenvalue weighted by Gasteiger charge is 2.18. The highest BCUT2D eigenvalue weighted by Crippen LogP contribution is 2.17. The Morgan fingerprint density at radius 1 is 1.19 bits per heavy atom. The highest BCUT2D eigenvalue weighted by atomic mass is 15.2. The molecule has 1 aliphatic rings. The van der Waals surface area contributed by atoms with Gasteiger partial charge in [0.25, 0.3) is 0 Å². The van der Waals surface area contributed by atoms with Crippen LogP contribution in [0.2, 0.25) is 0 Å². The second-order valence-corrected chi connectivity index (χ2v) is 5.86. The summed E-state index contributed by atoms with van der Waals surface area (Å²) in [4.78, 5) is 2.69. The second kappa shape index (κ2) is 7.29. The molecule has 0 aromatic carbocycles. The van der Waals surface area contributed by atoms with Crippen LogP contribution in [-0.2, 0) is 0 Å². The minimum atomic E-state index is 0.615. The van der Waals surface area contributed by atoms with Crippen molar-refractivity contribution in [2.45, 2.75) is 65.5 Å². The summed E-state index contributed by atoms with van der Waals surface area (Å²) in [5.41, 5.74) is 0. The molecule has 0 saturated carbocycles. The molecule has 1 heterocycles. The fraction of sp³-hybridized carbons (Fsp3) is 1.00. The maximum atomic E-state index is 3.54. The first-order valence-electron chi connectivity index (χ1n) is 7.07. The van der Waals surface area contributed by atoms with Crippen molar-refractivity contribution >= 4 is 0 Å². The molecular formula is C14H30N2. The topological polar surface area (TPSA) is 15.3 Å². The van der Waals surface area contributed by atoms with Gasteiger partial charge in [0.2, 0.25) is 0 Å². The van der Waals surface area contributed by atoms with Crippen molar-refractivity contribution < 1.29 is 0 Å². The fourth-order valence-electron chi connectivity index (χ4n) is 2.51. The van der Waals surface area contributed by atoms with Crippen LogP contribution in [0.15, 0.2) is 0 Å². The van der Waals surface area contributed by atoms with E-state index in [1.165, 1.54) is 38.8 Å². The van der Waals surface area contributed by atoms with E-state index in [1.807, 2.05) is 0 Å². The van der Waals surface area contributed by atoms with Crippen LogP contribution in [-0.4, -0.2) is 36.6 Å². The van der Waals surface area contributed by atoms with Gasteiger partial charge in [-0.1, -0.05) is 33.6 Å². The van der Waals surface area contributed by atoms with Gasteiger partial charge in [0.1, 0.15) is 0 Å². The lowest BCUT2D eigenvalue weighted by atomic mass is 10.1. The Bertz CT molecular complexity index is 180. The molecular weight excluding hydrogens is 196 g/mol.